The number of amides is 1. The molecule has 9 heteroatoms. The molecule has 1 saturated carbocycles. The number of nitrogens with one attached hydrogen (secondary N) is 1. The molecule has 0 radical (unpaired) electrons. The maximum absolute atomic E-state index is 12.6. The molecule has 1 amide bonds. The van der Waals surface area contributed by atoms with E-state index in [1.807, 2.05) is 16.7 Å². The van der Waals surface area contributed by atoms with E-state index in [9.17, 15) is 9.59 Å². The molecular formula is C18H20N6O3. The number of ether oxygens (including phenoxy) is 1. The molecule has 3 aromatic rings. The lowest BCUT2D eigenvalue weighted by Gasteiger charge is -2.23. The van der Waals surface area contributed by atoms with Gasteiger partial charge < -0.3 is 10.1 Å². The van der Waals surface area contributed by atoms with Crippen LogP contribution in [-0.2, 0) is 11.3 Å². The van der Waals surface area contributed by atoms with E-state index in [2.05, 4.69) is 20.6 Å². The zero-order valence-electron chi connectivity index (χ0n) is 15.0. The number of hydrogen-bond acceptors (Lipinski definition) is 6. The van der Waals surface area contributed by atoms with Crippen LogP contribution < -0.4 is 10.9 Å². The number of anilines is 1. The highest BCUT2D eigenvalue weighted by atomic mass is 16.5. The van der Waals surface area contributed by atoms with Crippen LogP contribution in [0.2, 0.25) is 0 Å². The van der Waals surface area contributed by atoms with Crippen LogP contribution >= 0.6 is 0 Å². The molecule has 1 fully saturated rings. The van der Waals surface area contributed by atoms with E-state index >= 15 is 0 Å². The molecular weight excluding hydrogens is 348 g/mol. The van der Waals surface area contributed by atoms with E-state index in [0.717, 1.165) is 24.3 Å². The van der Waals surface area contributed by atoms with Gasteiger partial charge in [0, 0.05) is 25.3 Å². The summed E-state index contributed by atoms with van der Waals surface area (Å²) in [5.41, 5.74) is 1.25. The third-order valence-electron chi connectivity index (χ3n) is 4.76. The monoisotopic (exact) mass is 368 g/mol. The third kappa shape index (κ3) is 3.45. The van der Waals surface area contributed by atoms with Crippen LogP contribution in [-0.4, -0.2) is 44.0 Å². The van der Waals surface area contributed by atoms with Crippen molar-refractivity contribution < 1.29 is 9.53 Å². The largest absolute Gasteiger partial charge is 0.383 e. The van der Waals surface area contributed by atoms with Gasteiger partial charge in [-0.2, -0.15) is 5.10 Å². The summed E-state index contributed by atoms with van der Waals surface area (Å²) in [6, 6.07) is 6.33. The molecule has 0 aromatic carbocycles. The van der Waals surface area contributed by atoms with E-state index in [1.165, 1.54) is 23.2 Å². The predicted octanol–water partition coefficient (Wildman–Crippen LogP) is 1.45. The van der Waals surface area contributed by atoms with Crippen molar-refractivity contribution in [2.24, 2.45) is 0 Å². The number of fused-ring (bicyclic) bond motifs is 1. The summed E-state index contributed by atoms with van der Waals surface area (Å²) in [6.45, 7) is 0.625. The molecule has 1 aliphatic carbocycles. The van der Waals surface area contributed by atoms with Gasteiger partial charge in [0.05, 0.1) is 18.8 Å². The molecule has 0 atom stereocenters. The quantitative estimate of drug-likeness (QED) is 0.706. The molecule has 4 rings (SSSR count). The van der Waals surface area contributed by atoms with Crippen molar-refractivity contribution in [2.45, 2.75) is 31.7 Å². The molecule has 0 saturated heterocycles. The molecule has 0 unspecified atom stereocenters. The van der Waals surface area contributed by atoms with Crippen molar-refractivity contribution in [3.8, 4) is 0 Å². The summed E-state index contributed by atoms with van der Waals surface area (Å²) in [6.07, 6.45) is 5.26. The molecule has 140 valence electrons. The van der Waals surface area contributed by atoms with Crippen LogP contribution in [0.1, 0.15) is 41.5 Å². The molecule has 1 aliphatic rings. The number of rotatable bonds is 6. The number of aromatic nitrogens is 5. The highest BCUT2D eigenvalue weighted by Crippen LogP contribution is 2.35. The van der Waals surface area contributed by atoms with Crippen molar-refractivity contribution in [2.75, 3.05) is 19.0 Å². The minimum Gasteiger partial charge on any atom is -0.383 e. The first-order chi connectivity index (χ1) is 13.2. The van der Waals surface area contributed by atoms with Crippen molar-refractivity contribution in [1.29, 1.82) is 0 Å². The minimum atomic E-state index is -0.390. The zero-order chi connectivity index (χ0) is 18.8. The minimum absolute atomic E-state index is 0.161. The average molecular weight is 368 g/mol. The Kier molecular flexibility index (Phi) is 4.68. The van der Waals surface area contributed by atoms with Gasteiger partial charge in [-0.1, -0.05) is 6.42 Å². The molecule has 27 heavy (non-hydrogen) atoms. The van der Waals surface area contributed by atoms with Crippen LogP contribution in [0.5, 0.6) is 0 Å². The van der Waals surface area contributed by atoms with Crippen LogP contribution in [0.15, 0.2) is 35.3 Å². The number of methoxy groups -OCH3 is 1. The lowest BCUT2D eigenvalue weighted by molar-refractivity contribution is 0.101. The first kappa shape index (κ1) is 17.3. The Morgan fingerprint density at radius 1 is 1.26 bits per heavy atom. The van der Waals surface area contributed by atoms with Gasteiger partial charge in [0.2, 0.25) is 0 Å². The van der Waals surface area contributed by atoms with Gasteiger partial charge in [0.1, 0.15) is 11.5 Å². The lowest BCUT2D eigenvalue weighted by atomic mass is 9.85. The molecule has 3 heterocycles. The molecule has 0 aliphatic heterocycles. The summed E-state index contributed by atoms with van der Waals surface area (Å²) in [5, 5.41) is 15.4. The molecule has 0 spiro atoms. The molecule has 3 aromatic heterocycles. The number of nitrogens with zero attached hydrogens (tertiary/aromatic N) is 5. The van der Waals surface area contributed by atoms with Crippen LogP contribution in [0.25, 0.3) is 5.65 Å². The summed E-state index contributed by atoms with van der Waals surface area (Å²) < 4.78 is 8.10. The topological polar surface area (TPSA) is 103 Å². The van der Waals surface area contributed by atoms with E-state index in [0.29, 0.717) is 18.2 Å². The zero-order valence-corrected chi connectivity index (χ0v) is 15.0. The Labute approximate surface area is 155 Å². The van der Waals surface area contributed by atoms with Crippen LogP contribution in [0.3, 0.4) is 0 Å². The first-order valence-electron chi connectivity index (χ1n) is 8.89. The van der Waals surface area contributed by atoms with Crippen LogP contribution in [0, 0.1) is 0 Å². The van der Waals surface area contributed by atoms with E-state index in [1.54, 1.807) is 13.2 Å². The Hall–Kier alpha value is -3.07. The number of carbonyl (C=O) groups is 1. The van der Waals surface area contributed by atoms with Crippen molar-refractivity contribution in [3.63, 3.8) is 0 Å². The Bertz CT molecular complexity index is 1040. The Morgan fingerprint density at radius 2 is 2.11 bits per heavy atom. The fraction of sp³-hybridized carbons (Fsp3) is 0.389. The Balaban J connectivity index is 1.56. The second kappa shape index (κ2) is 7.28. The van der Waals surface area contributed by atoms with E-state index in [-0.39, 0.29) is 17.8 Å². The average Bonchev–Trinajstić information content (AvgIpc) is 3.02. The van der Waals surface area contributed by atoms with E-state index in [4.69, 9.17) is 4.74 Å². The van der Waals surface area contributed by atoms with Gasteiger partial charge in [0.25, 0.3) is 11.5 Å². The fourth-order valence-corrected chi connectivity index (χ4v) is 3.03. The second-order valence-corrected chi connectivity index (χ2v) is 6.56. The molecule has 0 bridgehead atoms. The normalized spacial score (nSPS) is 14.3. The fourth-order valence-electron chi connectivity index (χ4n) is 3.03. The van der Waals surface area contributed by atoms with Gasteiger partial charge in [-0.05, 0) is 31.0 Å². The SMILES string of the molecule is COCCn1nc(C(=O)Nc2ccc3nnc(C4CCC4)n3c2)ccc1=O. The maximum Gasteiger partial charge on any atom is 0.276 e. The summed E-state index contributed by atoms with van der Waals surface area (Å²) in [5.74, 6) is 0.967. The van der Waals surface area contributed by atoms with Gasteiger partial charge in [-0.15, -0.1) is 10.2 Å². The highest BCUT2D eigenvalue weighted by Gasteiger charge is 2.24. The molecule has 9 nitrogen and oxygen atoms in total. The number of hydrogen-bond donors (Lipinski definition) is 1. The van der Waals surface area contributed by atoms with Crippen molar-refractivity contribution in [3.05, 3.63) is 52.3 Å². The van der Waals surface area contributed by atoms with Crippen LogP contribution in [0.4, 0.5) is 5.69 Å². The number of carbonyl (C=O) groups excluding carboxylic acids is 1. The third-order valence-corrected chi connectivity index (χ3v) is 4.76. The van der Waals surface area contributed by atoms with Gasteiger partial charge in [-0.25, -0.2) is 4.68 Å². The summed E-state index contributed by atoms with van der Waals surface area (Å²) in [4.78, 5) is 24.4. The maximum atomic E-state index is 12.6. The van der Waals surface area contributed by atoms with Crippen molar-refractivity contribution in [1.82, 2.24) is 24.4 Å². The number of pyridine rings is 1. The predicted molar refractivity (Wildman–Crippen MR) is 97.9 cm³/mol. The smallest absolute Gasteiger partial charge is 0.276 e. The van der Waals surface area contributed by atoms with Gasteiger partial charge in [-0.3, -0.25) is 14.0 Å². The van der Waals surface area contributed by atoms with E-state index < -0.39 is 5.91 Å². The van der Waals surface area contributed by atoms with Crippen molar-refractivity contribution >= 4 is 17.2 Å². The lowest BCUT2D eigenvalue weighted by Crippen LogP contribution is -2.27. The second-order valence-electron chi connectivity index (χ2n) is 6.56. The summed E-state index contributed by atoms with van der Waals surface area (Å²) >= 11 is 0. The Morgan fingerprint density at radius 3 is 2.85 bits per heavy atom. The summed E-state index contributed by atoms with van der Waals surface area (Å²) in [7, 11) is 1.54. The van der Waals surface area contributed by atoms with Gasteiger partial charge in [0.15, 0.2) is 5.65 Å². The molecule has 1 N–H and O–H groups in total. The highest BCUT2D eigenvalue weighted by molar-refractivity contribution is 6.02. The first-order valence-corrected chi connectivity index (χ1v) is 8.89. The van der Waals surface area contributed by atoms with Gasteiger partial charge >= 0.3 is 0 Å². The standard InChI is InChI=1S/C18H20N6O3/c1-27-10-9-24-16(25)8-6-14(22-24)18(26)19-13-5-7-15-20-21-17(23(15)11-13)12-3-2-4-12/h5-8,11-12H,2-4,9-10H2,1H3,(H,19,26).